The van der Waals surface area contributed by atoms with Crippen LogP contribution in [0.4, 0.5) is 0 Å². The molecule has 2 aromatic rings. The average Bonchev–Trinajstić information content (AvgIpc) is 2.97. The molecule has 1 aliphatic heterocycles. The summed E-state index contributed by atoms with van der Waals surface area (Å²) < 4.78 is 0. The standard InChI is InChI=1S/C18H22N2/c1-13(15-4-5-17-16(10-15)6-8-20-17)18(7-9-19-12-18)11-14-2-3-14/h4-6,8,10,14,19-20H,1-3,7,9,11-12H2. The highest BCUT2D eigenvalue weighted by molar-refractivity contribution is 5.84. The molecule has 20 heavy (non-hydrogen) atoms. The van der Waals surface area contributed by atoms with E-state index in [0.29, 0.717) is 5.41 Å². The predicted octanol–water partition coefficient (Wildman–Crippen LogP) is 3.96. The summed E-state index contributed by atoms with van der Waals surface area (Å²) in [6.45, 7) is 6.74. The largest absolute Gasteiger partial charge is 0.361 e. The third-order valence-corrected chi connectivity index (χ3v) is 5.16. The van der Waals surface area contributed by atoms with Gasteiger partial charge in [-0.2, -0.15) is 0 Å². The van der Waals surface area contributed by atoms with Gasteiger partial charge in [-0.3, -0.25) is 0 Å². The van der Waals surface area contributed by atoms with Gasteiger partial charge in [-0.15, -0.1) is 0 Å². The Morgan fingerprint density at radius 2 is 2.20 bits per heavy atom. The normalized spacial score (nSPS) is 26.2. The number of rotatable bonds is 4. The van der Waals surface area contributed by atoms with Crippen LogP contribution in [-0.4, -0.2) is 18.1 Å². The summed E-state index contributed by atoms with van der Waals surface area (Å²) in [5.41, 5.74) is 4.17. The Morgan fingerprint density at radius 1 is 1.30 bits per heavy atom. The molecule has 2 heteroatoms. The number of hydrogen-bond acceptors (Lipinski definition) is 1. The van der Waals surface area contributed by atoms with E-state index in [0.717, 1.165) is 19.0 Å². The third kappa shape index (κ3) is 1.99. The van der Waals surface area contributed by atoms with Gasteiger partial charge in [0.25, 0.3) is 0 Å². The second-order valence-electron chi connectivity index (χ2n) is 6.61. The van der Waals surface area contributed by atoms with Crippen LogP contribution in [0.1, 0.15) is 31.2 Å². The van der Waals surface area contributed by atoms with Crippen LogP contribution < -0.4 is 5.32 Å². The van der Waals surface area contributed by atoms with Crippen molar-refractivity contribution in [3.8, 4) is 0 Å². The van der Waals surface area contributed by atoms with Crippen molar-refractivity contribution in [2.75, 3.05) is 13.1 Å². The summed E-state index contributed by atoms with van der Waals surface area (Å²) in [6, 6.07) is 8.85. The van der Waals surface area contributed by atoms with Gasteiger partial charge < -0.3 is 10.3 Å². The van der Waals surface area contributed by atoms with E-state index in [4.69, 9.17) is 0 Å². The Morgan fingerprint density at radius 3 is 2.95 bits per heavy atom. The smallest absolute Gasteiger partial charge is 0.0454 e. The van der Waals surface area contributed by atoms with Gasteiger partial charge in [0, 0.05) is 23.7 Å². The molecule has 0 amide bonds. The van der Waals surface area contributed by atoms with Crippen LogP contribution in [0, 0.1) is 11.3 Å². The highest BCUT2D eigenvalue weighted by Gasteiger charge is 2.41. The van der Waals surface area contributed by atoms with E-state index >= 15 is 0 Å². The first kappa shape index (κ1) is 12.2. The minimum absolute atomic E-state index is 0.297. The van der Waals surface area contributed by atoms with Crippen LogP contribution in [0.25, 0.3) is 16.5 Å². The molecule has 1 unspecified atom stereocenters. The van der Waals surface area contributed by atoms with Gasteiger partial charge in [0.15, 0.2) is 0 Å². The first-order valence-electron chi connectivity index (χ1n) is 7.74. The summed E-state index contributed by atoms with van der Waals surface area (Å²) in [7, 11) is 0. The lowest BCUT2D eigenvalue weighted by Crippen LogP contribution is -2.26. The van der Waals surface area contributed by atoms with Crippen LogP contribution in [0.15, 0.2) is 37.0 Å². The van der Waals surface area contributed by atoms with Crippen molar-refractivity contribution < 1.29 is 0 Å². The van der Waals surface area contributed by atoms with Crippen molar-refractivity contribution in [1.29, 1.82) is 0 Å². The molecule has 1 atom stereocenters. The summed E-state index contributed by atoms with van der Waals surface area (Å²) in [6.07, 6.45) is 7.42. The molecule has 4 rings (SSSR count). The van der Waals surface area contributed by atoms with Gasteiger partial charge in [-0.25, -0.2) is 0 Å². The molecule has 1 saturated carbocycles. The Balaban J connectivity index is 1.69. The zero-order chi connectivity index (χ0) is 13.6. The molecule has 2 nitrogen and oxygen atoms in total. The Kier molecular flexibility index (Phi) is 2.74. The van der Waals surface area contributed by atoms with Gasteiger partial charge >= 0.3 is 0 Å². The monoisotopic (exact) mass is 266 g/mol. The van der Waals surface area contributed by atoms with Gasteiger partial charge in [0.2, 0.25) is 0 Å². The summed E-state index contributed by atoms with van der Waals surface area (Å²) in [5, 5.41) is 4.85. The molecular formula is C18H22N2. The van der Waals surface area contributed by atoms with E-state index in [1.807, 2.05) is 6.20 Å². The summed E-state index contributed by atoms with van der Waals surface area (Å²) in [5.74, 6) is 0.947. The molecule has 1 saturated heterocycles. The molecule has 104 valence electrons. The number of aromatic nitrogens is 1. The molecular weight excluding hydrogens is 244 g/mol. The number of hydrogen-bond donors (Lipinski definition) is 2. The Bertz CT molecular complexity index is 642. The molecule has 1 aromatic heterocycles. The van der Waals surface area contributed by atoms with E-state index in [9.17, 15) is 0 Å². The first-order chi connectivity index (χ1) is 9.77. The Labute approximate surface area is 120 Å². The van der Waals surface area contributed by atoms with Crippen molar-refractivity contribution >= 4 is 16.5 Å². The number of aromatic amines is 1. The van der Waals surface area contributed by atoms with Crippen molar-refractivity contribution in [1.82, 2.24) is 10.3 Å². The second-order valence-corrected chi connectivity index (χ2v) is 6.61. The second kappa shape index (κ2) is 4.49. The number of nitrogens with one attached hydrogen (secondary N) is 2. The first-order valence-corrected chi connectivity index (χ1v) is 7.74. The van der Waals surface area contributed by atoms with Crippen LogP contribution in [0.5, 0.6) is 0 Å². The van der Waals surface area contributed by atoms with E-state index in [1.165, 1.54) is 47.7 Å². The van der Waals surface area contributed by atoms with Crippen LogP contribution in [0.2, 0.25) is 0 Å². The Hall–Kier alpha value is -1.54. The highest BCUT2D eigenvalue weighted by atomic mass is 14.9. The molecule has 2 aliphatic rings. The van der Waals surface area contributed by atoms with Crippen LogP contribution in [-0.2, 0) is 0 Å². The molecule has 0 spiro atoms. The zero-order valence-electron chi connectivity index (χ0n) is 11.9. The molecule has 2 heterocycles. The van der Waals surface area contributed by atoms with Crippen LogP contribution in [0.3, 0.4) is 0 Å². The summed E-state index contributed by atoms with van der Waals surface area (Å²) in [4.78, 5) is 3.26. The fraction of sp³-hybridized carbons (Fsp3) is 0.444. The molecule has 0 bridgehead atoms. The van der Waals surface area contributed by atoms with Crippen molar-refractivity contribution in [3.63, 3.8) is 0 Å². The number of benzene rings is 1. The maximum Gasteiger partial charge on any atom is 0.0454 e. The van der Waals surface area contributed by atoms with Gasteiger partial charge in [0.05, 0.1) is 0 Å². The molecule has 0 radical (unpaired) electrons. The minimum Gasteiger partial charge on any atom is -0.361 e. The fourth-order valence-electron chi connectivity index (χ4n) is 3.72. The van der Waals surface area contributed by atoms with Crippen molar-refractivity contribution in [3.05, 3.63) is 42.6 Å². The fourth-order valence-corrected chi connectivity index (χ4v) is 3.72. The third-order valence-electron chi connectivity index (χ3n) is 5.16. The number of H-pyrrole nitrogens is 1. The predicted molar refractivity (Wildman–Crippen MR) is 84.6 cm³/mol. The van der Waals surface area contributed by atoms with E-state index < -0.39 is 0 Å². The molecule has 1 aromatic carbocycles. The maximum atomic E-state index is 4.50. The summed E-state index contributed by atoms with van der Waals surface area (Å²) >= 11 is 0. The van der Waals surface area contributed by atoms with E-state index in [2.05, 4.69) is 41.1 Å². The zero-order valence-corrected chi connectivity index (χ0v) is 11.9. The van der Waals surface area contributed by atoms with Crippen molar-refractivity contribution in [2.24, 2.45) is 11.3 Å². The molecule has 1 aliphatic carbocycles. The van der Waals surface area contributed by atoms with Crippen LogP contribution >= 0.6 is 0 Å². The van der Waals surface area contributed by atoms with Gasteiger partial charge in [0.1, 0.15) is 0 Å². The van der Waals surface area contributed by atoms with Gasteiger partial charge in [-0.05, 0) is 60.0 Å². The lowest BCUT2D eigenvalue weighted by atomic mass is 9.73. The minimum atomic E-state index is 0.297. The number of fused-ring (bicyclic) bond motifs is 1. The lowest BCUT2D eigenvalue weighted by Gasteiger charge is -2.31. The molecule has 2 fully saturated rings. The van der Waals surface area contributed by atoms with E-state index in [-0.39, 0.29) is 0 Å². The SMILES string of the molecule is C=C(c1ccc2[nH]ccc2c1)C1(CC2CC2)CCNC1. The average molecular weight is 266 g/mol. The maximum absolute atomic E-state index is 4.50. The highest BCUT2D eigenvalue weighted by Crippen LogP contribution is 2.49. The lowest BCUT2D eigenvalue weighted by molar-refractivity contribution is 0.384. The molecule has 2 N–H and O–H groups in total. The van der Waals surface area contributed by atoms with E-state index in [1.54, 1.807) is 0 Å². The van der Waals surface area contributed by atoms with Crippen molar-refractivity contribution in [2.45, 2.75) is 25.7 Å². The topological polar surface area (TPSA) is 27.8 Å². The quantitative estimate of drug-likeness (QED) is 0.861. The van der Waals surface area contributed by atoms with Gasteiger partial charge in [-0.1, -0.05) is 25.5 Å².